The van der Waals surface area contributed by atoms with E-state index >= 15 is 0 Å². The standard InChI is InChI=1S/C15H22Br2/c1-5-15(9-16,10-17)8-14-12(3)6-11(2)7-13(14)4/h6-7H,5,8-10H2,1-4H3. The summed E-state index contributed by atoms with van der Waals surface area (Å²) < 4.78 is 0. The Kier molecular flexibility index (Phi) is 5.72. The largest absolute Gasteiger partial charge is 0.0922 e. The van der Waals surface area contributed by atoms with E-state index in [1.165, 1.54) is 28.7 Å². The molecule has 0 spiro atoms. The lowest BCUT2D eigenvalue weighted by atomic mass is 9.80. The van der Waals surface area contributed by atoms with Crippen molar-refractivity contribution in [3.63, 3.8) is 0 Å². The van der Waals surface area contributed by atoms with Crippen molar-refractivity contribution < 1.29 is 0 Å². The van der Waals surface area contributed by atoms with Gasteiger partial charge in [-0.05, 0) is 55.7 Å². The van der Waals surface area contributed by atoms with Crippen molar-refractivity contribution in [3.8, 4) is 0 Å². The average molecular weight is 362 g/mol. The maximum Gasteiger partial charge on any atom is 0.00990 e. The predicted octanol–water partition coefficient (Wildman–Crippen LogP) is 5.34. The van der Waals surface area contributed by atoms with E-state index in [0.717, 1.165) is 17.1 Å². The van der Waals surface area contributed by atoms with Gasteiger partial charge in [0.1, 0.15) is 0 Å². The minimum atomic E-state index is 0.338. The molecule has 0 saturated carbocycles. The number of hydrogen-bond acceptors (Lipinski definition) is 0. The molecule has 2 heteroatoms. The molecule has 0 aliphatic heterocycles. The predicted molar refractivity (Wildman–Crippen MR) is 84.7 cm³/mol. The molecule has 0 bridgehead atoms. The van der Waals surface area contributed by atoms with Crippen LogP contribution in [0.3, 0.4) is 0 Å². The lowest BCUT2D eigenvalue weighted by molar-refractivity contribution is 0.372. The summed E-state index contributed by atoms with van der Waals surface area (Å²) >= 11 is 7.37. The Hall–Kier alpha value is 0.180. The highest BCUT2D eigenvalue weighted by atomic mass is 79.9. The van der Waals surface area contributed by atoms with Crippen molar-refractivity contribution >= 4 is 31.9 Å². The molecule has 1 aromatic rings. The van der Waals surface area contributed by atoms with Crippen LogP contribution < -0.4 is 0 Å². The summed E-state index contributed by atoms with van der Waals surface area (Å²) in [6.07, 6.45) is 2.34. The minimum Gasteiger partial charge on any atom is -0.0922 e. The van der Waals surface area contributed by atoms with Crippen LogP contribution in [-0.4, -0.2) is 10.7 Å². The summed E-state index contributed by atoms with van der Waals surface area (Å²) in [5.74, 6) is 0. The molecule has 0 heterocycles. The van der Waals surface area contributed by atoms with Crippen LogP contribution in [0, 0.1) is 26.2 Å². The molecule has 1 aromatic carbocycles. The number of benzene rings is 1. The van der Waals surface area contributed by atoms with Crippen LogP contribution in [-0.2, 0) is 6.42 Å². The molecule has 17 heavy (non-hydrogen) atoms. The lowest BCUT2D eigenvalue weighted by Crippen LogP contribution is -2.27. The SMILES string of the molecule is CCC(CBr)(CBr)Cc1c(C)cc(C)cc1C. The molecule has 0 atom stereocenters. The topological polar surface area (TPSA) is 0 Å². The summed E-state index contributed by atoms with van der Waals surface area (Å²) in [5.41, 5.74) is 6.09. The summed E-state index contributed by atoms with van der Waals surface area (Å²) in [5, 5.41) is 2.10. The Labute approximate surface area is 122 Å². The molecule has 0 saturated heterocycles. The van der Waals surface area contributed by atoms with E-state index in [9.17, 15) is 0 Å². The molecule has 0 aliphatic carbocycles. The average Bonchev–Trinajstić information content (AvgIpc) is 2.29. The highest BCUT2D eigenvalue weighted by molar-refractivity contribution is 9.09. The number of halogens is 2. The van der Waals surface area contributed by atoms with Crippen LogP contribution in [0.2, 0.25) is 0 Å². The van der Waals surface area contributed by atoms with Crippen LogP contribution >= 0.6 is 31.9 Å². The Morgan fingerprint density at radius 1 is 1.00 bits per heavy atom. The van der Waals surface area contributed by atoms with E-state index in [0.29, 0.717) is 5.41 Å². The van der Waals surface area contributed by atoms with Gasteiger partial charge in [0.2, 0.25) is 0 Å². The molecular formula is C15H22Br2. The Balaban J connectivity index is 3.09. The van der Waals surface area contributed by atoms with Crippen molar-refractivity contribution in [1.29, 1.82) is 0 Å². The summed E-state index contributed by atoms with van der Waals surface area (Å²) in [6, 6.07) is 4.59. The van der Waals surface area contributed by atoms with Gasteiger partial charge in [0.05, 0.1) is 0 Å². The van der Waals surface area contributed by atoms with Gasteiger partial charge in [-0.2, -0.15) is 0 Å². The first kappa shape index (κ1) is 15.2. The van der Waals surface area contributed by atoms with Gasteiger partial charge in [-0.1, -0.05) is 56.5 Å². The fourth-order valence-corrected chi connectivity index (χ4v) is 4.43. The number of aryl methyl sites for hydroxylation is 3. The first-order valence-corrected chi connectivity index (χ1v) is 8.41. The zero-order valence-electron chi connectivity index (χ0n) is 11.2. The van der Waals surface area contributed by atoms with Crippen molar-refractivity contribution in [2.45, 2.75) is 40.5 Å². The highest BCUT2D eigenvalue weighted by Crippen LogP contribution is 2.34. The van der Waals surface area contributed by atoms with Gasteiger partial charge in [-0.25, -0.2) is 0 Å². The molecule has 96 valence electrons. The van der Waals surface area contributed by atoms with Gasteiger partial charge >= 0.3 is 0 Å². The van der Waals surface area contributed by atoms with E-state index in [1.807, 2.05) is 0 Å². The van der Waals surface area contributed by atoms with Gasteiger partial charge in [0, 0.05) is 10.7 Å². The first-order chi connectivity index (χ1) is 7.98. The summed E-state index contributed by atoms with van der Waals surface area (Å²) in [6.45, 7) is 8.92. The zero-order chi connectivity index (χ0) is 13.1. The number of rotatable bonds is 5. The smallest absolute Gasteiger partial charge is 0.00990 e. The third-order valence-electron chi connectivity index (χ3n) is 3.71. The normalized spacial score (nSPS) is 11.9. The lowest BCUT2D eigenvalue weighted by Gasteiger charge is -2.30. The monoisotopic (exact) mass is 360 g/mol. The molecule has 0 unspecified atom stereocenters. The van der Waals surface area contributed by atoms with Crippen LogP contribution in [0.5, 0.6) is 0 Å². The van der Waals surface area contributed by atoms with Gasteiger partial charge < -0.3 is 0 Å². The fraction of sp³-hybridized carbons (Fsp3) is 0.600. The molecule has 0 nitrogen and oxygen atoms in total. The third kappa shape index (κ3) is 3.57. The van der Waals surface area contributed by atoms with E-state index in [1.54, 1.807) is 0 Å². The first-order valence-electron chi connectivity index (χ1n) is 6.16. The van der Waals surface area contributed by atoms with Gasteiger partial charge in [0.25, 0.3) is 0 Å². The number of alkyl halides is 2. The highest BCUT2D eigenvalue weighted by Gasteiger charge is 2.27. The maximum absolute atomic E-state index is 3.68. The van der Waals surface area contributed by atoms with Crippen molar-refractivity contribution in [2.75, 3.05) is 10.7 Å². The van der Waals surface area contributed by atoms with Crippen LogP contribution in [0.4, 0.5) is 0 Å². The molecule has 0 amide bonds. The van der Waals surface area contributed by atoms with E-state index in [2.05, 4.69) is 71.7 Å². The van der Waals surface area contributed by atoms with E-state index < -0.39 is 0 Å². The Morgan fingerprint density at radius 2 is 1.47 bits per heavy atom. The number of hydrogen-bond donors (Lipinski definition) is 0. The third-order valence-corrected chi connectivity index (χ3v) is 6.09. The summed E-state index contributed by atoms with van der Waals surface area (Å²) in [4.78, 5) is 0. The molecule has 0 radical (unpaired) electrons. The maximum atomic E-state index is 3.68. The molecule has 0 fully saturated rings. The van der Waals surface area contributed by atoms with Crippen LogP contribution in [0.1, 0.15) is 35.6 Å². The molecular weight excluding hydrogens is 340 g/mol. The van der Waals surface area contributed by atoms with Gasteiger partial charge in [-0.3, -0.25) is 0 Å². The molecule has 1 rings (SSSR count). The second kappa shape index (κ2) is 6.38. The quantitative estimate of drug-likeness (QED) is 0.621. The fourth-order valence-electron chi connectivity index (χ4n) is 2.31. The van der Waals surface area contributed by atoms with E-state index in [4.69, 9.17) is 0 Å². The van der Waals surface area contributed by atoms with E-state index in [-0.39, 0.29) is 0 Å². The second-order valence-corrected chi connectivity index (χ2v) is 6.30. The minimum absolute atomic E-state index is 0.338. The second-order valence-electron chi connectivity index (χ2n) is 5.17. The Morgan fingerprint density at radius 3 is 1.82 bits per heavy atom. The summed E-state index contributed by atoms with van der Waals surface area (Å²) in [7, 11) is 0. The molecule has 0 N–H and O–H groups in total. The Bertz CT molecular complexity index is 347. The zero-order valence-corrected chi connectivity index (χ0v) is 14.4. The van der Waals surface area contributed by atoms with Crippen LogP contribution in [0.25, 0.3) is 0 Å². The van der Waals surface area contributed by atoms with Crippen molar-refractivity contribution in [2.24, 2.45) is 5.41 Å². The molecule has 0 aromatic heterocycles. The van der Waals surface area contributed by atoms with Crippen molar-refractivity contribution in [3.05, 3.63) is 34.4 Å². The van der Waals surface area contributed by atoms with Gasteiger partial charge in [0.15, 0.2) is 0 Å². The molecule has 0 aliphatic rings. The van der Waals surface area contributed by atoms with Gasteiger partial charge in [-0.15, -0.1) is 0 Å². The van der Waals surface area contributed by atoms with Crippen molar-refractivity contribution in [1.82, 2.24) is 0 Å². The van der Waals surface area contributed by atoms with Crippen LogP contribution in [0.15, 0.2) is 12.1 Å².